The van der Waals surface area contributed by atoms with E-state index in [1.165, 1.54) is 25.7 Å². The van der Waals surface area contributed by atoms with Crippen molar-refractivity contribution in [3.05, 3.63) is 11.6 Å². The molecule has 0 spiro atoms. The smallest absolute Gasteiger partial charge is 0.191 e. The molecule has 0 radical (unpaired) electrons. The van der Waals surface area contributed by atoms with E-state index >= 15 is 0 Å². The second-order valence-corrected chi connectivity index (χ2v) is 5.40. The third kappa shape index (κ3) is 9.30. The minimum absolute atomic E-state index is 0. The van der Waals surface area contributed by atoms with Gasteiger partial charge in [0.1, 0.15) is 0 Å². The molecule has 0 aromatic rings. The number of aliphatic imine (C=N–C) groups is 1. The fourth-order valence-electron chi connectivity index (χ4n) is 2.09. The van der Waals surface area contributed by atoms with Gasteiger partial charge in [-0.25, -0.2) is 0 Å². The van der Waals surface area contributed by atoms with E-state index in [2.05, 4.69) is 42.5 Å². The Balaban J connectivity index is 0.00000324. The first kappa shape index (κ1) is 18.7. The summed E-state index contributed by atoms with van der Waals surface area (Å²) in [5.41, 5.74) is 1.62. The predicted molar refractivity (Wildman–Crippen MR) is 95.4 cm³/mol. The minimum atomic E-state index is 0. The molecule has 0 aromatic carbocycles. The summed E-state index contributed by atoms with van der Waals surface area (Å²) < 4.78 is 0. The van der Waals surface area contributed by atoms with Crippen LogP contribution in [-0.2, 0) is 0 Å². The van der Waals surface area contributed by atoms with Gasteiger partial charge in [0.2, 0.25) is 0 Å². The second kappa shape index (κ2) is 11.6. The first-order chi connectivity index (χ1) is 8.72. The number of halogens is 1. The molecule has 1 rings (SSSR count). The maximum absolute atomic E-state index is 4.57. The Morgan fingerprint density at radius 1 is 1.32 bits per heavy atom. The van der Waals surface area contributed by atoms with Crippen molar-refractivity contribution in [3.63, 3.8) is 0 Å². The van der Waals surface area contributed by atoms with Gasteiger partial charge in [-0.05, 0) is 44.9 Å². The van der Waals surface area contributed by atoms with E-state index in [1.807, 2.05) is 0 Å². The van der Waals surface area contributed by atoms with Crippen molar-refractivity contribution in [3.8, 4) is 0 Å². The Hall–Kier alpha value is -0.260. The minimum Gasteiger partial charge on any atom is -0.357 e. The first-order valence-corrected chi connectivity index (χ1v) is 7.42. The van der Waals surface area contributed by atoms with Crippen LogP contribution in [0, 0.1) is 5.92 Å². The lowest BCUT2D eigenvalue weighted by atomic mass is 9.97. The molecule has 0 saturated carbocycles. The quantitative estimate of drug-likeness (QED) is 0.320. The third-order valence-electron chi connectivity index (χ3n) is 3.08. The summed E-state index contributed by atoms with van der Waals surface area (Å²) in [4.78, 5) is 4.57. The van der Waals surface area contributed by atoms with Crippen LogP contribution in [-0.4, -0.2) is 25.6 Å². The van der Waals surface area contributed by atoms with E-state index in [-0.39, 0.29) is 24.0 Å². The van der Waals surface area contributed by atoms with Crippen LogP contribution in [0.4, 0.5) is 0 Å². The van der Waals surface area contributed by atoms with Crippen LogP contribution in [0.5, 0.6) is 0 Å². The SMILES string of the molecule is CCNC(=NCC(C)C)NCCC1=CCCCC1.I. The molecule has 0 aliphatic heterocycles. The molecular formula is C15H30IN3. The fourth-order valence-corrected chi connectivity index (χ4v) is 2.09. The average molecular weight is 379 g/mol. The van der Waals surface area contributed by atoms with Gasteiger partial charge >= 0.3 is 0 Å². The van der Waals surface area contributed by atoms with Gasteiger partial charge in [-0.1, -0.05) is 25.5 Å². The standard InChI is InChI=1S/C15H29N3.HI/c1-4-16-15(18-12-13(2)3)17-11-10-14-8-6-5-7-9-14;/h8,13H,4-7,9-12H2,1-3H3,(H2,16,17,18);1H. The van der Waals surface area contributed by atoms with Crippen LogP contribution in [0.1, 0.15) is 52.9 Å². The van der Waals surface area contributed by atoms with Crippen LogP contribution in [0.15, 0.2) is 16.6 Å². The Morgan fingerprint density at radius 2 is 2.11 bits per heavy atom. The molecule has 0 heterocycles. The maximum Gasteiger partial charge on any atom is 0.191 e. The summed E-state index contributed by atoms with van der Waals surface area (Å²) in [6.07, 6.45) is 8.89. The third-order valence-corrected chi connectivity index (χ3v) is 3.08. The van der Waals surface area contributed by atoms with Crippen molar-refractivity contribution in [1.82, 2.24) is 10.6 Å². The largest absolute Gasteiger partial charge is 0.357 e. The Kier molecular flexibility index (Phi) is 11.4. The normalized spacial score (nSPS) is 15.8. The Morgan fingerprint density at radius 3 is 2.68 bits per heavy atom. The van der Waals surface area contributed by atoms with Crippen molar-refractivity contribution in [2.45, 2.75) is 52.9 Å². The molecule has 3 nitrogen and oxygen atoms in total. The van der Waals surface area contributed by atoms with E-state index in [0.717, 1.165) is 32.0 Å². The second-order valence-electron chi connectivity index (χ2n) is 5.40. The van der Waals surface area contributed by atoms with E-state index in [0.29, 0.717) is 5.92 Å². The number of nitrogens with one attached hydrogen (secondary N) is 2. The van der Waals surface area contributed by atoms with Crippen molar-refractivity contribution in [1.29, 1.82) is 0 Å². The number of guanidine groups is 1. The molecule has 1 aliphatic carbocycles. The highest BCUT2D eigenvalue weighted by Gasteiger charge is 2.04. The fraction of sp³-hybridized carbons (Fsp3) is 0.800. The summed E-state index contributed by atoms with van der Waals surface area (Å²) in [6, 6.07) is 0. The zero-order valence-corrected chi connectivity index (χ0v) is 15.0. The molecule has 19 heavy (non-hydrogen) atoms. The van der Waals surface area contributed by atoms with Gasteiger partial charge in [-0.3, -0.25) is 4.99 Å². The van der Waals surface area contributed by atoms with E-state index < -0.39 is 0 Å². The van der Waals surface area contributed by atoms with Crippen LogP contribution < -0.4 is 10.6 Å². The van der Waals surface area contributed by atoms with E-state index in [1.54, 1.807) is 5.57 Å². The zero-order valence-electron chi connectivity index (χ0n) is 12.7. The monoisotopic (exact) mass is 379 g/mol. The topological polar surface area (TPSA) is 36.4 Å². The number of hydrogen-bond acceptors (Lipinski definition) is 1. The molecular weight excluding hydrogens is 349 g/mol. The molecule has 0 atom stereocenters. The highest BCUT2D eigenvalue weighted by Crippen LogP contribution is 2.19. The van der Waals surface area contributed by atoms with Gasteiger partial charge < -0.3 is 10.6 Å². The van der Waals surface area contributed by atoms with Crippen molar-refractivity contribution >= 4 is 29.9 Å². The van der Waals surface area contributed by atoms with Crippen LogP contribution in [0.2, 0.25) is 0 Å². The number of hydrogen-bond donors (Lipinski definition) is 2. The summed E-state index contributed by atoms with van der Waals surface area (Å²) in [5.74, 6) is 1.57. The highest BCUT2D eigenvalue weighted by molar-refractivity contribution is 14.0. The molecule has 1 aliphatic rings. The van der Waals surface area contributed by atoms with Crippen LogP contribution >= 0.6 is 24.0 Å². The summed E-state index contributed by atoms with van der Waals surface area (Å²) >= 11 is 0. The molecule has 0 aromatic heterocycles. The van der Waals surface area contributed by atoms with Crippen LogP contribution in [0.25, 0.3) is 0 Å². The predicted octanol–water partition coefficient (Wildman–Crippen LogP) is 3.71. The zero-order chi connectivity index (χ0) is 13.2. The molecule has 2 N–H and O–H groups in total. The summed E-state index contributed by atoms with van der Waals surface area (Å²) in [5, 5.41) is 6.72. The maximum atomic E-state index is 4.57. The average Bonchev–Trinajstić information content (AvgIpc) is 2.37. The molecule has 0 saturated heterocycles. The highest BCUT2D eigenvalue weighted by atomic mass is 127. The lowest BCUT2D eigenvalue weighted by Gasteiger charge is -2.15. The van der Waals surface area contributed by atoms with Gasteiger partial charge in [0.15, 0.2) is 5.96 Å². The van der Waals surface area contributed by atoms with Crippen molar-refractivity contribution in [2.75, 3.05) is 19.6 Å². The van der Waals surface area contributed by atoms with Gasteiger partial charge in [0, 0.05) is 19.6 Å². The van der Waals surface area contributed by atoms with Crippen molar-refractivity contribution in [2.24, 2.45) is 10.9 Å². The Labute approximate surface area is 135 Å². The van der Waals surface area contributed by atoms with Crippen molar-refractivity contribution < 1.29 is 0 Å². The number of nitrogens with zero attached hydrogens (tertiary/aromatic N) is 1. The summed E-state index contributed by atoms with van der Waals surface area (Å²) in [7, 11) is 0. The lowest BCUT2D eigenvalue weighted by molar-refractivity contribution is 0.649. The van der Waals surface area contributed by atoms with E-state index in [4.69, 9.17) is 0 Å². The van der Waals surface area contributed by atoms with Gasteiger partial charge in [0.05, 0.1) is 0 Å². The van der Waals surface area contributed by atoms with E-state index in [9.17, 15) is 0 Å². The molecule has 112 valence electrons. The lowest BCUT2D eigenvalue weighted by Crippen LogP contribution is -2.38. The van der Waals surface area contributed by atoms with Crippen LogP contribution in [0.3, 0.4) is 0 Å². The van der Waals surface area contributed by atoms with Gasteiger partial charge in [-0.2, -0.15) is 0 Å². The number of allylic oxidation sites excluding steroid dienone is 1. The molecule has 0 fully saturated rings. The van der Waals surface area contributed by atoms with Gasteiger partial charge in [-0.15, -0.1) is 24.0 Å². The molecule has 4 heteroatoms. The van der Waals surface area contributed by atoms with Gasteiger partial charge in [0.25, 0.3) is 0 Å². The molecule has 0 unspecified atom stereocenters. The molecule has 0 amide bonds. The Bertz CT molecular complexity index is 285. The summed E-state index contributed by atoms with van der Waals surface area (Å²) in [6.45, 7) is 9.30. The number of rotatable bonds is 6. The molecule has 0 bridgehead atoms. The first-order valence-electron chi connectivity index (χ1n) is 7.42.